The van der Waals surface area contributed by atoms with Crippen molar-refractivity contribution in [2.24, 2.45) is 0 Å². The van der Waals surface area contributed by atoms with Crippen LogP contribution in [0.1, 0.15) is 43.7 Å². The molecule has 0 saturated heterocycles. The highest BCUT2D eigenvalue weighted by molar-refractivity contribution is 5.64. The predicted octanol–water partition coefficient (Wildman–Crippen LogP) is 5.82. The first-order valence-corrected chi connectivity index (χ1v) is 9.97. The highest BCUT2D eigenvalue weighted by Crippen LogP contribution is 2.18. The molecular formula is C26H28N+. The third-order valence-corrected chi connectivity index (χ3v) is 4.68. The highest BCUT2D eigenvalue weighted by atomic mass is 14.9. The zero-order chi connectivity index (χ0) is 18.7. The molecule has 0 amide bonds. The maximum Gasteiger partial charge on any atom is 0.171 e. The molecule has 136 valence electrons. The zero-order valence-corrected chi connectivity index (χ0v) is 16.2. The molecule has 2 aromatic carbocycles. The van der Waals surface area contributed by atoms with E-state index in [-0.39, 0.29) is 0 Å². The first-order chi connectivity index (χ1) is 13.3. The first-order valence-electron chi connectivity index (χ1n) is 9.97. The fourth-order valence-corrected chi connectivity index (χ4v) is 3.14. The number of rotatable bonds is 7. The van der Waals surface area contributed by atoms with Gasteiger partial charge in [0, 0.05) is 30.0 Å². The van der Waals surface area contributed by atoms with Crippen LogP contribution in [-0.4, -0.2) is 0 Å². The van der Waals surface area contributed by atoms with Gasteiger partial charge in [0.15, 0.2) is 12.4 Å². The Balaban J connectivity index is 1.48. The summed E-state index contributed by atoms with van der Waals surface area (Å²) in [5, 5.41) is 0. The fraction of sp³-hybridized carbons (Fsp3) is 0.269. The third kappa shape index (κ3) is 6.12. The van der Waals surface area contributed by atoms with Crippen molar-refractivity contribution in [3.8, 4) is 23.0 Å². The SMILES string of the molecule is CCCCc1ccc[n+](CCCC#Cc2ccc(-c3ccccc3)cc2)c1. The summed E-state index contributed by atoms with van der Waals surface area (Å²) in [6.45, 7) is 3.27. The van der Waals surface area contributed by atoms with E-state index in [4.69, 9.17) is 0 Å². The number of nitrogens with zero attached hydrogens (tertiary/aromatic N) is 1. The Morgan fingerprint density at radius 2 is 1.59 bits per heavy atom. The van der Waals surface area contributed by atoms with Crippen LogP contribution in [-0.2, 0) is 13.0 Å². The number of benzene rings is 2. The van der Waals surface area contributed by atoms with E-state index in [1.165, 1.54) is 36.0 Å². The molecule has 0 spiro atoms. The molecule has 3 rings (SSSR count). The largest absolute Gasteiger partial charge is 0.205 e. The van der Waals surface area contributed by atoms with Crippen molar-refractivity contribution in [2.45, 2.75) is 45.6 Å². The van der Waals surface area contributed by atoms with Crippen molar-refractivity contribution in [3.63, 3.8) is 0 Å². The maximum atomic E-state index is 3.32. The summed E-state index contributed by atoms with van der Waals surface area (Å²) in [7, 11) is 0. The van der Waals surface area contributed by atoms with Crippen molar-refractivity contribution >= 4 is 0 Å². The van der Waals surface area contributed by atoms with Crippen molar-refractivity contribution in [1.29, 1.82) is 0 Å². The van der Waals surface area contributed by atoms with E-state index in [1.807, 2.05) is 6.07 Å². The minimum atomic E-state index is 0.923. The van der Waals surface area contributed by atoms with Gasteiger partial charge in [-0.05, 0) is 42.2 Å². The van der Waals surface area contributed by atoms with Crippen LogP contribution in [0.2, 0.25) is 0 Å². The lowest BCUT2D eigenvalue weighted by atomic mass is 10.0. The summed E-state index contributed by atoms with van der Waals surface area (Å²) >= 11 is 0. The summed E-state index contributed by atoms with van der Waals surface area (Å²) in [4.78, 5) is 0. The standard InChI is InChI=1S/C26H28N/c1-2-3-11-24-13-10-21-27(22-24)20-9-5-6-12-23-16-18-26(19-17-23)25-14-7-4-8-15-25/h4,7-8,10,13-19,21-22H,2-3,5,9,11,20H2,1H3/q+1. The predicted molar refractivity (Wildman–Crippen MR) is 113 cm³/mol. The van der Waals surface area contributed by atoms with Crippen LogP contribution in [0.3, 0.4) is 0 Å². The third-order valence-electron chi connectivity index (χ3n) is 4.68. The summed E-state index contributed by atoms with van der Waals surface area (Å²) < 4.78 is 2.29. The molecule has 0 unspecified atom stereocenters. The lowest BCUT2D eigenvalue weighted by molar-refractivity contribution is -0.697. The summed E-state index contributed by atoms with van der Waals surface area (Å²) in [6.07, 6.45) is 10.1. The molecule has 1 heteroatoms. The van der Waals surface area contributed by atoms with Crippen molar-refractivity contribution in [3.05, 3.63) is 90.3 Å². The molecule has 1 heterocycles. The second-order valence-electron chi connectivity index (χ2n) is 6.90. The molecule has 0 bridgehead atoms. The van der Waals surface area contributed by atoms with Crippen molar-refractivity contribution < 1.29 is 4.57 Å². The number of hydrogen-bond donors (Lipinski definition) is 0. The smallest absolute Gasteiger partial charge is 0.171 e. The Morgan fingerprint density at radius 3 is 2.37 bits per heavy atom. The van der Waals surface area contributed by atoms with Gasteiger partial charge in [0.1, 0.15) is 6.54 Å². The van der Waals surface area contributed by atoms with E-state index >= 15 is 0 Å². The molecule has 1 nitrogen and oxygen atoms in total. The molecule has 0 aliphatic heterocycles. The Labute approximate surface area is 163 Å². The Morgan fingerprint density at radius 1 is 0.815 bits per heavy atom. The molecule has 0 aliphatic rings. The molecule has 3 aromatic rings. The van der Waals surface area contributed by atoms with Crippen LogP contribution in [0.4, 0.5) is 0 Å². The van der Waals surface area contributed by atoms with Gasteiger partial charge in [0.2, 0.25) is 0 Å². The average molecular weight is 355 g/mol. The lowest BCUT2D eigenvalue weighted by Crippen LogP contribution is -2.33. The molecule has 0 N–H and O–H groups in total. The summed E-state index contributed by atoms with van der Waals surface area (Å²) in [5.74, 6) is 6.61. The number of aryl methyl sites for hydroxylation is 2. The van der Waals surface area contributed by atoms with E-state index in [1.54, 1.807) is 0 Å². The fourth-order valence-electron chi connectivity index (χ4n) is 3.14. The molecule has 0 saturated carbocycles. The Bertz CT molecular complexity index is 883. The van der Waals surface area contributed by atoms with Gasteiger partial charge < -0.3 is 0 Å². The van der Waals surface area contributed by atoms with Gasteiger partial charge in [-0.2, -0.15) is 0 Å². The second-order valence-corrected chi connectivity index (χ2v) is 6.90. The second kappa shape index (κ2) is 10.3. The summed E-state index contributed by atoms with van der Waals surface area (Å²) in [5.41, 5.74) is 5.00. The van der Waals surface area contributed by atoms with E-state index in [0.717, 1.165) is 24.9 Å². The highest BCUT2D eigenvalue weighted by Gasteiger charge is 2.02. The number of aromatic nitrogens is 1. The molecule has 0 radical (unpaired) electrons. The topological polar surface area (TPSA) is 3.88 Å². The van der Waals surface area contributed by atoms with Crippen LogP contribution >= 0.6 is 0 Å². The van der Waals surface area contributed by atoms with E-state index in [9.17, 15) is 0 Å². The van der Waals surface area contributed by atoms with E-state index < -0.39 is 0 Å². The van der Waals surface area contributed by atoms with Crippen LogP contribution < -0.4 is 4.57 Å². The number of pyridine rings is 1. The number of hydrogen-bond acceptors (Lipinski definition) is 0. The van der Waals surface area contributed by atoms with Crippen molar-refractivity contribution in [2.75, 3.05) is 0 Å². The molecular weight excluding hydrogens is 326 g/mol. The quantitative estimate of drug-likeness (QED) is 0.286. The summed E-state index contributed by atoms with van der Waals surface area (Å²) in [6, 6.07) is 23.4. The van der Waals surface area contributed by atoms with Crippen LogP contribution in [0.25, 0.3) is 11.1 Å². The minimum Gasteiger partial charge on any atom is -0.205 e. The van der Waals surface area contributed by atoms with Crippen LogP contribution in [0, 0.1) is 11.8 Å². The van der Waals surface area contributed by atoms with Gasteiger partial charge in [0.25, 0.3) is 0 Å². The van der Waals surface area contributed by atoms with E-state index in [2.05, 4.69) is 96.4 Å². The molecule has 0 aliphatic carbocycles. The number of unbranched alkanes of at least 4 members (excludes halogenated alkanes) is 2. The molecule has 1 aromatic heterocycles. The molecule has 27 heavy (non-hydrogen) atoms. The lowest BCUT2D eigenvalue weighted by Gasteiger charge is -2.01. The van der Waals surface area contributed by atoms with Gasteiger partial charge >= 0.3 is 0 Å². The Kier molecular flexibility index (Phi) is 7.25. The van der Waals surface area contributed by atoms with Crippen LogP contribution in [0.5, 0.6) is 0 Å². The average Bonchev–Trinajstić information content (AvgIpc) is 2.73. The van der Waals surface area contributed by atoms with Gasteiger partial charge in [-0.25, -0.2) is 4.57 Å². The minimum absolute atomic E-state index is 0.923. The van der Waals surface area contributed by atoms with Gasteiger partial charge in [0.05, 0.1) is 0 Å². The van der Waals surface area contributed by atoms with Gasteiger partial charge in [-0.1, -0.05) is 67.6 Å². The monoisotopic (exact) mass is 354 g/mol. The Hall–Kier alpha value is -2.85. The van der Waals surface area contributed by atoms with Crippen molar-refractivity contribution in [1.82, 2.24) is 0 Å². The zero-order valence-electron chi connectivity index (χ0n) is 16.2. The first kappa shape index (κ1) is 18.9. The maximum absolute atomic E-state index is 3.32. The molecule has 0 atom stereocenters. The van der Waals surface area contributed by atoms with Gasteiger partial charge in [-0.3, -0.25) is 0 Å². The molecule has 0 fully saturated rings. The van der Waals surface area contributed by atoms with Crippen LogP contribution in [0.15, 0.2) is 79.1 Å². The van der Waals surface area contributed by atoms with E-state index in [0.29, 0.717) is 0 Å². The van der Waals surface area contributed by atoms with Gasteiger partial charge in [-0.15, -0.1) is 0 Å². The normalized spacial score (nSPS) is 10.3.